The summed E-state index contributed by atoms with van der Waals surface area (Å²) in [5.74, 6) is 0. The van der Waals surface area contributed by atoms with Gasteiger partial charge in [-0.3, -0.25) is 9.59 Å². The normalized spacial score (nSPS) is 11.4. The molecule has 0 amide bonds. The second kappa shape index (κ2) is 6.06. The summed E-state index contributed by atoms with van der Waals surface area (Å²) in [5.41, 5.74) is 1.66. The summed E-state index contributed by atoms with van der Waals surface area (Å²) < 4.78 is 8.01. The van der Waals surface area contributed by atoms with Gasteiger partial charge < -0.3 is 8.98 Å². The first-order valence-corrected chi connectivity index (χ1v) is 8.30. The standard InChI is InChI=1S/C21H17NO3/c1-2-3-8-13-22-15-10-5-7-12-17(15)25-16-11-6-4-9-14(16)18-19(22)21(24)20(18)23/h2,4-7,9-12H,1,3,8,13H2. The highest BCUT2D eigenvalue weighted by Gasteiger charge is 2.19. The lowest BCUT2D eigenvalue weighted by molar-refractivity contribution is 0.645. The minimum atomic E-state index is -0.445. The Morgan fingerprint density at radius 3 is 2.48 bits per heavy atom. The van der Waals surface area contributed by atoms with Gasteiger partial charge in [0.05, 0.1) is 10.9 Å². The van der Waals surface area contributed by atoms with E-state index in [4.69, 9.17) is 4.42 Å². The van der Waals surface area contributed by atoms with E-state index < -0.39 is 10.9 Å². The summed E-state index contributed by atoms with van der Waals surface area (Å²) in [5, 5.41) is 1.12. The Bertz CT molecular complexity index is 1230. The number of unbranched alkanes of at least 4 members (excludes halogenated alkanes) is 1. The molecule has 0 spiro atoms. The van der Waals surface area contributed by atoms with Crippen LogP contribution in [0.5, 0.6) is 0 Å². The number of hydrogen-bond acceptors (Lipinski definition) is 3. The SMILES string of the molecule is C=CCCCn1c2ccccc2oc2ccccc2c2c(=O)c(=O)c21. The van der Waals surface area contributed by atoms with Crippen molar-refractivity contribution in [1.82, 2.24) is 4.57 Å². The van der Waals surface area contributed by atoms with E-state index in [0.717, 1.165) is 18.4 Å². The van der Waals surface area contributed by atoms with Crippen LogP contribution in [0.4, 0.5) is 0 Å². The van der Waals surface area contributed by atoms with Crippen molar-refractivity contribution in [3.8, 4) is 0 Å². The van der Waals surface area contributed by atoms with Crippen LogP contribution >= 0.6 is 0 Å². The van der Waals surface area contributed by atoms with E-state index in [1.165, 1.54) is 0 Å². The van der Waals surface area contributed by atoms with Crippen molar-refractivity contribution in [3.05, 3.63) is 81.6 Å². The van der Waals surface area contributed by atoms with E-state index in [0.29, 0.717) is 34.0 Å². The smallest absolute Gasteiger partial charge is 0.250 e. The largest absolute Gasteiger partial charge is 0.455 e. The fraction of sp³-hybridized carbons (Fsp3) is 0.143. The minimum Gasteiger partial charge on any atom is -0.455 e. The average Bonchev–Trinajstić information content (AvgIpc) is 2.64. The van der Waals surface area contributed by atoms with Crippen LogP contribution in [-0.4, -0.2) is 4.57 Å². The predicted octanol–water partition coefficient (Wildman–Crippen LogP) is 4.23. The summed E-state index contributed by atoms with van der Waals surface area (Å²) in [6, 6.07) is 14.9. The quantitative estimate of drug-likeness (QED) is 0.319. The molecule has 25 heavy (non-hydrogen) atoms. The third-order valence-electron chi connectivity index (χ3n) is 4.48. The van der Waals surface area contributed by atoms with Gasteiger partial charge in [-0.15, -0.1) is 6.58 Å². The summed E-state index contributed by atoms with van der Waals surface area (Å²) in [7, 11) is 0. The van der Waals surface area contributed by atoms with Crippen LogP contribution in [0, 0.1) is 0 Å². The molecular weight excluding hydrogens is 314 g/mol. The molecule has 0 atom stereocenters. The number of nitrogens with zero attached hydrogens (tertiary/aromatic N) is 1. The Morgan fingerprint density at radius 2 is 1.68 bits per heavy atom. The van der Waals surface area contributed by atoms with Crippen LogP contribution in [0.2, 0.25) is 0 Å². The number of allylic oxidation sites excluding steroid dienone is 1. The Morgan fingerprint density at radius 1 is 0.960 bits per heavy atom. The molecule has 4 heteroatoms. The molecule has 0 N–H and O–H groups in total. The molecule has 0 aliphatic heterocycles. The zero-order valence-corrected chi connectivity index (χ0v) is 13.7. The fourth-order valence-corrected chi connectivity index (χ4v) is 3.28. The molecule has 4 aromatic rings. The van der Waals surface area contributed by atoms with E-state index in [1.54, 1.807) is 0 Å². The number of rotatable bonds is 4. The molecule has 4 nitrogen and oxygen atoms in total. The van der Waals surface area contributed by atoms with Crippen LogP contribution in [0.15, 0.2) is 75.2 Å². The molecular formula is C21H17NO3. The van der Waals surface area contributed by atoms with Crippen molar-refractivity contribution >= 4 is 33.0 Å². The fourth-order valence-electron chi connectivity index (χ4n) is 3.28. The Kier molecular flexibility index (Phi) is 3.73. The molecule has 0 bridgehead atoms. The first kappa shape index (κ1) is 15.4. The van der Waals surface area contributed by atoms with Gasteiger partial charge in [0, 0.05) is 11.9 Å². The molecule has 1 aromatic heterocycles. The predicted molar refractivity (Wildman–Crippen MR) is 101 cm³/mol. The summed E-state index contributed by atoms with van der Waals surface area (Å²) in [6.45, 7) is 4.37. The van der Waals surface area contributed by atoms with E-state index >= 15 is 0 Å². The summed E-state index contributed by atoms with van der Waals surface area (Å²) in [4.78, 5) is 24.7. The average molecular weight is 331 g/mol. The lowest BCUT2D eigenvalue weighted by Gasteiger charge is -2.14. The van der Waals surface area contributed by atoms with E-state index in [1.807, 2.05) is 59.2 Å². The molecule has 1 heterocycles. The molecule has 124 valence electrons. The van der Waals surface area contributed by atoms with Crippen molar-refractivity contribution in [2.75, 3.05) is 0 Å². The molecule has 3 aromatic carbocycles. The minimum absolute atomic E-state index is 0.430. The highest BCUT2D eigenvalue weighted by molar-refractivity contribution is 6.06. The van der Waals surface area contributed by atoms with Crippen molar-refractivity contribution in [2.45, 2.75) is 19.4 Å². The number of hydrogen-bond donors (Lipinski definition) is 0. The van der Waals surface area contributed by atoms with Crippen molar-refractivity contribution in [1.29, 1.82) is 0 Å². The van der Waals surface area contributed by atoms with E-state index in [9.17, 15) is 9.59 Å². The second-order valence-corrected chi connectivity index (χ2v) is 6.03. The maximum absolute atomic E-state index is 12.4. The Hall–Kier alpha value is -3.14. The summed E-state index contributed by atoms with van der Waals surface area (Å²) in [6.07, 6.45) is 3.52. The van der Waals surface area contributed by atoms with Gasteiger partial charge in [0.25, 0.3) is 5.43 Å². The maximum atomic E-state index is 12.4. The van der Waals surface area contributed by atoms with Crippen LogP contribution in [0.3, 0.4) is 0 Å². The highest BCUT2D eigenvalue weighted by Crippen LogP contribution is 2.25. The number of para-hydroxylation sites is 3. The first-order valence-electron chi connectivity index (χ1n) is 8.30. The van der Waals surface area contributed by atoms with E-state index in [-0.39, 0.29) is 0 Å². The second-order valence-electron chi connectivity index (χ2n) is 6.03. The third-order valence-corrected chi connectivity index (χ3v) is 4.48. The molecule has 0 aliphatic rings. The highest BCUT2D eigenvalue weighted by atomic mass is 16.3. The van der Waals surface area contributed by atoms with Gasteiger partial charge in [-0.1, -0.05) is 36.4 Å². The van der Waals surface area contributed by atoms with Gasteiger partial charge in [-0.2, -0.15) is 0 Å². The van der Waals surface area contributed by atoms with Crippen molar-refractivity contribution < 1.29 is 4.42 Å². The zero-order chi connectivity index (χ0) is 17.4. The van der Waals surface area contributed by atoms with Gasteiger partial charge in [-0.25, -0.2) is 0 Å². The number of aromatic nitrogens is 1. The maximum Gasteiger partial charge on any atom is 0.250 e. The van der Waals surface area contributed by atoms with Crippen molar-refractivity contribution in [3.63, 3.8) is 0 Å². The molecule has 4 rings (SSSR count). The molecule has 0 radical (unpaired) electrons. The van der Waals surface area contributed by atoms with Crippen LogP contribution in [0.25, 0.3) is 33.0 Å². The van der Waals surface area contributed by atoms with Gasteiger partial charge in [0.1, 0.15) is 11.1 Å². The van der Waals surface area contributed by atoms with E-state index in [2.05, 4.69) is 6.58 Å². The lowest BCUT2D eigenvalue weighted by Crippen LogP contribution is -2.33. The third kappa shape index (κ3) is 2.38. The van der Waals surface area contributed by atoms with Crippen molar-refractivity contribution in [2.24, 2.45) is 0 Å². The van der Waals surface area contributed by atoms with Crippen LogP contribution in [0.1, 0.15) is 12.8 Å². The Labute approximate surface area is 143 Å². The van der Waals surface area contributed by atoms with Gasteiger partial charge in [0.2, 0.25) is 5.43 Å². The van der Waals surface area contributed by atoms with Gasteiger partial charge in [0.15, 0.2) is 5.58 Å². The lowest BCUT2D eigenvalue weighted by atomic mass is 10.1. The topological polar surface area (TPSA) is 52.2 Å². The summed E-state index contributed by atoms with van der Waals surface area (Å²) >= 11 is 0. The van der Waals surface area contributed by atoms with Gasteiger partial charge in [-0.05, 0) is 31.0 Å². The van der Waals surface area contributed by atoms with Crippen LogP contribution < -0.4 is 10.9 Å². The van der Waals surface area contributed by atoms with Gasteiger partial charge >= 0.3 is 0 Å². The number of fused-ring (bicyclic) bond motifs is 4. The molecule has 0 fully saturated rings. The molecule has 0 saturated heterocycles. The zero-order valence-electron chi connectivity index (χ0n) is 13.7. The van der Waals surface area contributed by atoms with Crippen LogP contribution in [-0.2, 0) is 6.54 Å². The molecule has 0 saturated carbocycles. The monoisotopic (exact) mass is 331 g/mol. The molecule has 0 unspecified atom stereocenters. The Balaban J connectivity index is 2.23. The first-order chi connectivity index (χ1) is 12.2. The number of benzene rings is 2. The molecule has 0 aliphatic carbocycles. The number of aryl methyl sites for hydroxylation is 1.